The van der Waals surface area contributed by atoms with E-state index in [-0.39, 0.29) is 184 Å². The van der Waals surface area contributed by atoms with Crippen LogP contribution in [0.3, 0.4) is 0 Å². The number of nitro benzene ring substituents is 4. The Morgan fingerprint density at radius 2 is 0.885 bits per heavy atom. The maximum Gasteiger partial charge on any atom is 1.00 e. The average Bonchev–Trinajstić information content (AvgIpc) is 1.73. The first-order chi connectivity index (χ1) is 40.0. The molecule has 0 saturated heterocycles. The topological polar surface area (TPSA) is 544 Å². The average molecular weight is 1210 g/mol. The van der Waals surface area contributed by atoms with Gasteiger partial charge in [-0.3, -0.25) is 75.1 Å². The Labute approximate surface area is 540 Å². The summed E-state index contributed by atoms with van der Waals surface area (Å²) in [5.74, 6) is -2.71. The summed E-state index contributed by atoms with van der Waals surface area (Å²) in [5, 5.41) is 81.7. The number of aromatic nitrogens is 10. The number of anilines is 2. The number of rotatable bonds is 8. The molecule has 0 bridgehead atoms. The van der Waals surface area contributed by atoms with Gasteiger partial charge < -0.3 is 53.8 Å². The van der Waals surface area contributed by atoms with Crippen LogP contribution >= 0.6 is 0 Å². The number of halogens is 2. The second-order valence-electron chi connectivity index (χ2n) is 15.7. The first kappa shape index (κ1) is 68.5. The number of aromatic amines is 3. The molecule has 416 valence electrons. The molecule has 41 heteroatoms. The van der Waals surface area contributed by atoms with Crippen LogP contribution in [0.25, 0.3) is 55.5 Å². The monoisotopic (exact) mass is 1210 g/mol. The van der Waals surface area contributed by atoms with Crippen LogP contribution in [0.1, 0.15) is 0 Å². The molecule has 5 N–H and O–H groups in total. The van der Waals surface area contributed by atoms with E-state index in [1.807, 2.05) is 5.32 Å². The Morgan fingerprint density at radius 3 is 1.36 bits per heavy atom. The van der Waals surface area contributed by atoms with Gasteiger partial charge in [0.25, 0.3) is 22.5 Å². The standard InChI is InChI=1S/2C14H8N6O4.C9H4FN5O3.C9H3FN5O3.3Na/c2*15-7-16-13-14(22)18-10-6-12(20(23)24)11(5-9(10)17-13)19-3-1-8(21)2-4-19;2*10-4-1-5-6(2-7(4)15(17)18)14-9(16)8(13-5)12-3-11;;;/h1-6H,(H,16,17)(H,18,22);1-6H,(H2,16,17,18,22);1-2H,(H,12,13)(H,14,16);1-2H,(H-,12,13,14,16);;;/q;;;-1;3*+1/p-2. The Balaban J connectivity index is 0.000000248. The predicted molar refractivity (Wildman–Crippen MR) is 278 cm³/mol. The Hall–Kier alpha value is -11.0. The fourth-order valence-corrected chi connectivity index (χ4v) is 7.00. The van der Waals surface area contributed by atoms with Crippen molar-refractivity contribution in [2.45, 2.75) is 0 Å². The molecule has 0 aliphatic carbocycles. The summed E-state index contributed by atoms with van der Waals surface area (Å²) in [4.78, 5) is 141. The van der Waals surface area contributed by atoms with Crippen molar-refractivity contribution in [3.63, 3.8) is 0 Å². The number of nitriles is 4. The van der Waals surface area contributed by atoms with Crippen LogP contribution in [-0.2, 0) is 0 Å². The minimum atomic E-state index is -1.11. The summed E-state index contributed by atoms with van der Waals surface area (Å²) in [6.45, 7) is 0. The van der Waals surface area contributed by atoms with Crippen LogP contribution in [0.15, 0.2) is 136 Å². The molecular weight excluding hydrogens is 1190 g/mol. The zero-order valence-corrected chi connectivity index (χ0v) is 49.8. The number of benzene rings is 4. The minimum absolute atomic E-state index is 0. The summed E-state index contributed by atoms with van der Waals surface area (Å²) >= 11 is 0. The molecule has 6 heterocycles. The van der Waals surface area contributed by atoms with Gasteiger partial charge in [0.15, 0.2) is 23.2 Å². The van der Waals surface area contributed by atoms with Crippen LogP contribution in [0.5, 0.6) is 0 Å². The fourth-order valence-electron chi connectivity index (χ4n) is 7.00. The third-order valence-corrected chi connectivity index (χ3v) is 10.6. The third kappa shape index (κ3) is 16.2. The van der Waals surface area contributed by atoms with E-state index in [4.69, 9.17) is 21.0 Å². The van der Waals surface area contributed by atoms with Crippen LogP contribution in [-0.4, -0.2) is 53.7 Å². The number of nitrogens with zero attached hydrogens (tertiary/aromatic N) is 17. The molecule has 0 fully saturated rings. The van der Waals surface area contributed by atoms with Gasteiger partial charge in [-0.05, 0) is 29.2 Å². The number of nitro groups is 4. The second kappa shape index (κ2) is 30.0. The molecule has 10 rings (SSSR count). The van der Waals surface area contributed by atoms with Gasteiger partial charge in [0.05, 0.1) is 65.2 Å². The second-order valence-corrected chi connectivity index (χ2v) is 15.7. The van der Waals surface area contributed by atoms with Gasteiger partial charge in [-0.1, -0.05) is 5.52 Å². The van der Waals surface area contributed by atoms with Gasteiger partial charge in [0.2, 0.25) is 28.8 Å². The molecule has 0 amide bonds. The van der Waals surface area contributed by atoms with Gasteiger partial charge in [-0.15, -0.1) is 5.52 Å². The van der Waals surface area contributed by atoms with Crippen LogP contribution < -0.4 is 158 Å². The molecule has 0 aliphatic rings. The van der Waals surface area contributed by atoms with Crippen molar-refractivity contribution < 1.29 is 117 Å². The van der Waals surface area contributed by atoms with Gasteiger partial charge in [0.1, 0.15) is 11.4 Å². The maximum atomic E-state index is 13.3. The molecule has 36 nitrogen and oxygen atoms in total. The largest absolute Gasteiger partial charge is 1.00 e. The van der Waals surface area contributed by atoms with E-state index in [1.165, 1.54) is 95.0 Å². The Bertz CT molecular complexity index is 5130. The molecule has 0 aliphatic heterocycles. The van der Waals surface area contributed by atoms with Gasteiger partial charge >= 0.3 is 100 Å². The van der Waals surface area contributed by atoms with E-state index in [2.05, 4.69) is 55.2 Å². The smallest absolute Gasteiger partial charge is 0.623 e. The molecular formula is C46H21F2N22Na3O14. The normalized spacial score (nSPS) is 10.4. The molecule has 0 spiro atoms. The number of hydrogen-bond acceptors (Lipinski definition) is 24. The molecule has 0 radical (unpaired) electrons. The molecule has 6 aromatic heterocycles. The van der Waals surface area contributed by atoms with E-state index in [0.29, 0.717) is 0 Å². The molecule has 4 aromatic carbocycles. The fraction of sp³-hybridized carbons (Fsp3) is 0. The van der Waals surface area contributed by atoms with Crippen LogP contribution in [0.2, 0.25) is 0 Å². The minimum Gasteiger partial charge on any atom is -0.623 e. The maximum absolute atomic E-state index is 13.3. The summed E-state index contributed by atoms with van der Waals surface area (Å²) in [7, 11) is 0. The summed E-state index contributed by atoms with van der Waals surface area (Å²) in [5.41, 5.74) is -5.65. The van der Waals surface area contributed by atoms with Crippen LogP contribution in [0.4, 0.5) is 43.2 Å². The number of H-pyrrole nitrogens is 3. The van der Waals surface area contributed by atoms with Gasteiger partial charge in [-0.25, -0.2) is 9.97 Å². The first-order valence-electron chi connectivity index (χ1n) is 22.1. The number of pyridine rings is 2. The zero-order chi connectivity index (χ0) is 61.1. The summed E-state index contributed by atoms with van der Waals surface area (Å²) in [6, 6.07) is 13.4. The Morgan fingerprint density at radius 1 is 0.494 bits per heavy atom. The zero-order valence-electron chi connectivity index (χ0n) is 43.8. The molecule has 0 atom stereocenters. The molecule has 87 heavy (non-hydrogen) atoms. The third-order valence-electron chi connectivity index (χ3n) is 10.6. The van der Waals surface area contributed by atoms with Crippen molar-refractivity contribution >= 4 is 78.5 Å². The van der Waals surface area contributed by atoms with Crippen LogP contribution in [0, 0.1) is 97.9 Å². The SMILES string of the molecule is N#CN=c1[n-]c2cc(-n3ccc(=O)cc3)c([N+](=O)[O-])cc2[nH]c1=O.N#CN=c1[n-]c2cc(F)c([N+](=O)[O-])cc2[n-]c1=O.N#CNc1nc2cc(-n3ccc(=O)cc3)c([N+](=O)[O-])cc2[nH]c1=O.N#CNc1nc2cc(F)c([N+](=O)[O-])cc2[nH]c1=O.[Na+].[Na+].[Na+]. The quantitative estimate of drug-likeness (QED) is 0.0310. The van der Waals surface area contributed by atoms with E-state index in [0.717, 1.165) is 30.3 Å². The molecule has 10 aromatic rings. The van der Waals surface area contributed by atoms with Crippen molar-refractivity contribution in [3.05, 3.63) is 223 Å². The van der Waals surface area contributed by atoms with E-state index in [1.54, 1.807) is 6.19 Å². The summed E-state index contributed by atoms with van der Waals surface area (Å²) in [6.07, 6.45) is 11.4. The van der Waals surface area contributed by atoms with E-state index >= 15 is 0 Å². The number of nitrogens with one attached hydrogen (secondary N) is 5. The van der Waals surface area contributed by atoms with Crippen molar-refractivity contribution in [1.29, 1.82) is 21.0 Å². The van der Waals surface area contributed by atoms with E-state index in [9.17, 15) is 78.0 Å². The molecule has 0 unspecified atom stereocenters. The van der Waals surface area contributed by atoms with Crippen molar-refractivity contribution in [2.75, 3.05) is 10.6 Å². The first-order valence-corrected chi connectivity index (χ1v) is 22.1. The number of hydrogen-bond donors (Lipinski definition) is 5. The van der Waals surface area contributed by atoms with E-state index < -0.39 is 70.4 Å². The van der Waals surface area contributed by atoms with Crippen molar-refractivity contribution in [2.24, 2.45) is 9.98 Å². The number of fused-ring (bicyclic) bond motifs is 4. The van der Waals surface area contributed by atoms with Crippen molar-refractivity contribution in [1.82, 2.24) is 49.0 Å². The molecule has 0 saturated carbocycles. The summed E-state index contributed by atoms with van der Waals surface area (Å²) < 4.78 is 29.4. The van der Waals surface area contributed by atoms with Gasteiger partial charge in [0, 0.05) is 84.9 Å². The predicted octanol–water partition coefficient (Wildman–Crippen LogP) is -7.78. The van der Waals surface area contributed by atoms with Gasteiger partial charge in [-0.2, -0.15) is 29.8 Å². The van der Waals surface area contributed by atoms with Crippen molar-refractivity contribution in [3.8, 4) is 36.1 Å². The Kier molecular flexibility index (Phi) is 23.6.